The molecule has 0 bridgehead atoms. The molecule has 1 unspecified atom stereocenters. The molecule has 0 aromatic carbocycles. The molecule has 1 amide bonds. The molecule has 5 nitrogen and oxygen atoms in total. The topological polar surface area (TPSA) is 69.2 Å². The van der Waals surface area contributed by atoms with Gasteiger partial charge in [0.25, 0.3) is 0 Å². The Labute approximate surface area is 88.1 Å². The zero-order valence-electron chi connectivity index (χ0n) is 8.95. The van der Waals surface area contributed by atoms with E-state index in [4.69, 9.17) is 5.11 Å². The monoisotopic (exact) mass is 209 g/mol. The maximum Gasteiger partial charge on any atom is 0.228 e. The van der Waals surface area contributed by atoms with E-state index in [2.05, 4.69) is 10.2 Å². The van der Waals surface area contributed by atoms with Crippen molar-refractivity contribution >= 4 is 11.7 Å². The molecular weight excluding hydrogens is 194 g/mol. The highest BCUT2D eigenvalue weighted by molar-refractivity contribution is 5.95. The van der Waals surface area contributed by atoms with Gasteiger partial charge in [-0.3, -0.25) is 14.8 Å². The maximum absolute atomic E-state index is 11.7. The molecule has 15 heavy (non-hydrogen) atoms. The number of aromatic amines is 1. The summed E-state index contributed by atoms with van der Waals surface area (Å²) in [4.78, 5) is 13.3. The number of H-pyrrole nitrogens is 1. The zero-order chi connectivity index (χ0) is 11.0. The number of carbonyl (C=O) groups excluding carboxylic acids is 1. The zero-order valence-corrected chi connectivity index (χ0v) is 8.95. The Bertz CT molecular complexity index is 386. The van der Waals surface area contributed by atoms with E-state index >= 15 is 0 Å². The molecule has 1 aliphatic rings. The fourth-order valence-corrected chi connectivity index (χ4v) is 1.84. The molecule has 0 saturated carbocycles. The first-order chi connectivity index (χ1) is 7.13. The lowest BCUT2D eigenvalue weighted by Crippen LogP contribution is -2.26. The second-order valence-electron chi connectivity index (χ2n) is 4.05. The fraction of sp³-hybridized carbons (Fsp3) is 0.600. The van der Waals surface area contributed by atoms with Crippen LogP contribution in [0.2, 0.25) is 0 Å². The molecule has 2 heterocycles. The second-order valence-corrected chi connectivity index (χ2v) is 4.05. The normalized spacial score (nSPS) is 21.4. The Morgan fingerprint density at radius 1 is 1.60 bits per heavy atom. The van der Waals surface area contributed by atoms with Crippen LogP contribution < -0.4 is 4.90 Å². The standard InChI is InChI=1S/C10H15N3O2/c1-6-7(2)11-12-10(6)13-4-8(5-14)3-9(13)15/h8,14H,3-5H2,1-2H3,(H,11,12). The van der Waals surface area contributed by atoms with E-state index in [1.807, 2.05) is 13.8 Å². The summed E-state index contributed by atoms with van der Waals surface area (Å²) in [6, 6.07) is 0. The Kier molecular flexibility index (Phi) is 2.48. The minimum Gasteiger partial charge on any atom is -0.396 e. The number of hydrogen-bond donors (Lipinski definition) is 2. The summed E-state index contributed by atoms with van der Waals surface area (Å²) in [6.07, 6.45) is 0.418. The van der Waals surface area contributed by atoms with Crippen molar-refractivity contribution in [2.75, 3.05) is 18.1 Å². The minimum atomic E-state index is 0.0450. The van der Waals surface area contributed by atoms with Gasteiger partial charge >= 0.3 is 0 Å². The van der Waals surface area contributed by atoms with Crippen LogP contribution in [-0.2, 0) is 4.79 Å². The number of rotatable bonds is 2. The number of aliphatic hydroxyl groups is 1. The first-order valence-corrected chi connectivity index (χ1v) is 5.06. The van der Waals surface area contributed by atoms with Crippen LogP contribution >= 0.6 is 0 Å². The van der Waals surface area contributed by atoms with Crippen molar-refractivity contribution in [1.82, 2.24) is 10.2 Å². The molecule has 0 spiro atoms. The van der Waals surface area contributed by atoms with E-state index in [-0.39, 0.29) is 18.4 Å². The summed E-state index contributed by atoms with van der Waals surface area (Å²) in [5, 5.41) is 16.0. The van der Waals surface area contributed by atoms with Gasteiger partial charge in [-0.1, -0.05) is 0 Å². The quantitative estimate of drug-likeness (QED) is 0.739. The van der Waals surface area contributed by atoms with Gasteiger partial charge in [-0.05, 0) is 13.8 Å². The molecule has 1 fully saturated rings. The van der Waals surface area contributed by atoms with Gasteiger partial charge < -0.3 is 5.11 Å². The molecule has 5 heteroatoms. The third kappa shape index (κ3) is 1.63. The SMILES string of the molecule is Cc1[nH]nc(N2CC(CO)CC2=O)c1C. The van der Waals surface area contributed by atoms with Crippen molar-refractivity contribution < 1.29 is 9.90 Å². The van der Waals surface area contributed by atoms with E-state index < -0.39 is 0 Å². The Balaban J connectivity index is 2.25. The van der Waals surface area contributed by atoms with E-state index in [1.54, 1.807) is 4.90 Å². The minimum absolute atomic E-state index is 0.0450. The van der Waals surface area contributed by atoms with Crippen LogP contribution in [0, 0.1) is 19.8 Å². The number of aromatic nitrogens is 2. The van der Waals surface area contributed by atoms with Gasteiger partial charge in [-0.25, -0.2) is 0 Å². The molecule has 2 rings (SSSR count). The van der Waals surface area contributed by atoms with Crippen molar-refractivity contribution in [3.05, 3.63) is 11.3 Å². The molecule has 1 aromatic heterocycles. The summed E-state index contributed by atoms with van der Waals surface area (Å²) >= 11 is 0. The highest BCUT2D eigenvalue weighted by atomic mass is 16.3. The van der Waals surface area contributed by atoms with Gasteiger partial charge in [0.2, 0.25) is 5.91 Å². The van der Waals surface area contributed by atoms with E-state index in [0.717, 1.165) is 11.3 Å². The van der Waals surface area contributed by atoms with E-state index in [0.29, 0.717) is 18.8 Å². The van der Waals surface area contributed by atoms with Crippen molar-refractivity contribution in [2.45, 2.75) is 20.3 Å². The van der Waals surface area contributed by atoms with Crippen LogP contribution in [0.3, 0.4) is 0 Å². The number of amides is 1. The van der Waals surface area contributed by atoms with Crippen LogP contribution in [0.5, 0.6) is 0 Å². The average Bonchev–Trinajstić information content (AvgIpc) is 2.73. The van der Waals surface area contributed by atoms with Gasteiger partial charge in [-0.15, -0.1) is 0 Å². The molecule has 1 saturated heterocycles. The van der Waals surface area contributed by atoms with E-state index in [1.165, 1.54) is 0 Å². The molecular formula is C10H15N3O2. The summed E-state index contributed by atoms with van der Waals surface area (Å²) in [5.74, 6) is 0.797. The molecule has 1 atom stereocenters. The van der Waals surface area contributed by atoms with E-state index in [9.17, 15) is 4.79 Å². The molecule has 82 valence electrons. The lowest BCUT2D eigenvalue weighted by molar-refractivity contribution is -0.117. The Hall–Kier alpha value is -1.36. The first-order valence-electron chi connectivity index (χ1n) is 5.06. The summed E-state index contributed by atoms with van der Waals surface area (Å²) in [6.45, 7) is 4.49. The predicted octanol–water partition coefficient (Wildman–Crippen LogP) is 0.372. The molecule has 0 aliphatic carbocycles. The molecule has 1 aromatic rings. The van der Waals surface area contributed by atoms with Crippen LogP contribution in [0.4, 0.5) is 5.82 Å². The second kappa shape index (κ2) is 3.66. The van der Waals surface area contributed by atoms with Crippen molar-refractivity contribution in [1.29, 1.82) is 0 Å². The highest BCUT2D eigenvalue weighted by Gasteiger charge is 2.32. The molecule has 2 N–H and O–H groups in total. The predicted molar refractivity (Wildman–Crippen MR) is 55.6 cm³/mol. The number of aliphatic hydroxyl groups excluding tert-OH is 1. The van der Waals surface area contributed by atoms with Gasteiger partial charge in [0.05, 0.1) is 0 Å². The Morgan fingerprint density at radius 3 is 2.80 bits per heavy atom. The average molecular weight is 209 g/mol. The lowest BCUT2D eigenvalue weighted by atomic mass is 10.1. The van der Waals surface area contributed by atoms with Gasteiger partial charge in [0, 0.05) is 36.7 Å². The molecule has 0 radical (unpaired) electrons. The number of hydrogen-bond acceptors (Lipinski definition) is 3. The smallest absolute Gasteiger partial charge is 0.228 e. The Morgan fingerprint density at radius 2 is 2.33 bits per heavy atom. The lowest BCUT2D eigenvalue weighted by Gasteiger charge is -2.13. The van der Waals surface area contributed by atoms with Gasteiger partial charge in [-0.2, -0.15) is 5.10 Å². The maximum atomic E-state index is 11.7. The summed E-state index contributed by atoms with van der Waals surface area (Å²) in [5.41, 5.74) is 1.98. The van der Waals surface area contributed by atoms with Crippen LogP contribution in [-0.4, -0.2) is 34.4 Å². The van der Waals surface area contributed by atoms with Crippen LogP contribution in [0.1, 0.15) is 17.7 Å². The van der Waals surface area contributed by atoms with Gasteiger partial charge in [0.1, 0.15) is 0 Å². The number of aryl methyl sites for hydroxylation is 1. The fourth-order valence-electron chi connectivity index (χ4n) is 1.84. The van der Waals surface area contributed by atoms with Crippen molar-refractivity contribution in [3.63, 3.8) is 0 Å². The number of anilines is 1. The van der Waals surface area contributed by atoms with Crippen LogP contribution in [0.25, 0.3) is 0 Å². The van der Waals surface area contributed by atoms with Gasteiger partial charge in [0.15, 0.2) is 5.82 Å². The summed E-state index contributed by atoms with van der Waals surface area (Å²) in [7, 11) is 0. The third-order valence-electron chi connectivity index (χ3n) is 2.95. The number of carbonyl (C=O) groups is 1. The van der Waals surface area contributed by atoms with Crippen molar-refractivity contribution in [2.24, 2.45) is 5.92 Å². The number of nitrogens with one attached hydrogen (secondary N) is 1. The van der Waals surface area contributed by atoms with Crippen LogP contribution in [0.15, 0.2) is 0 Å². The highest BCUT2D eigenvalue weighted by Crippen LogP contribution is 2.26. The largest absolute Gasteiger partial charge is 0.396 e. The third-order valence-corrected chi connectivity index (χ3v) is 2.95. The summed E-state index contributed by atoms with van der Waals surface area (Å²) < 4.78 is 0. The first kappa shape index (κ1) is 10.2. The van der Waals surface area contributed by atoms with Crippen molar-refractivity contribution in [3.8, 4) is 0 Å². The number of nitrogens with zero attached hydrogens (tertiary/aromatic N) is 2. The molecule has 1 aliphatic heterocycles.